The minimum absolute atomic E-state index is 0.0901. The molecule has 2 N–H and O–H groups in total. The van der Waals surface area contributed by atoms with E-state index in [2.05, 4.69) is 47.2 Å². The van der Waals surface area contributed by atoms with E-state index >= 15 is 0 Å². The molecule has 0 bridgehead atoms. The Balaban J connectivity index is 1.44. The van der Waals surface area contributed by atoms with Crippen LogP contribution in [0.1, 0.15) is 77.9 Å². The fourth-order valence-corrected chi connectivity index (χ4v) is 4.48. The summed E-state index contributed by atoms with van der Waals surface area (Å²) in [5.74, 6) is 1.11. The average molecular weight is 362 g/mol. The third-order valence-corrected chi connectivity index (χ3v) is 6.29. The molecule has 1 fully saturated rings. The normalized spacial score (nSPS) is 17.4. The van der Waals surface area contributed by atoms with Gasteiger partial charge >= 0.3 is 0 Å². The molecule has 0 saturated heterocycles. The minimum Gasteiger partial charge on any atom is -0.351 e. The monoisotopic (exact) mass is 362 g/mol. The topological polar surface area (TPSA) is 64.8 Å². The summed E-state index contributed by atoms with van der Waals surface area (Å²) in [7, 11) is 0. The molecule has 1 saturated carbocycles. The standard InChI is InChI=1S/C22H26N4O/c1-13(2)15-7-4-8-18-16(15)11-20(23-18)22(27)26-10-9-19-17(12-26)21(25-24-19)14-5-3-6-14/h4,7-8,11,13-14,23H,3,5-6,9-10,12H2,1-2H3,(H,24,25). The van der Waals surface area contributed by atoms with E-state index < -0.39 is 0 Å². The summed E-state index contributed by atoms with van der Waals surface area (Å²) in [6.07, 6.45) is 4.61. The molecule has 3 aromatic rings. The van der Waals surface area contributed by atoms with Gasteiger partial charge in [-0.3, -0.25) is 9.89 Å². The SMILES string of the molecule is CC(C)c1cccc2[nH]c(C(=O)N3CCc4[nH]nc(C5CCC5)c4C3)cc12. The number of fused-ring (bicyclic) bond motifs is 2. The van der Waals surface area contributed by atoms with Crippen LogP contribution in [0.2, 0.25) is 0 Å². The van der Waals surface area contributed by atoms with E-state index in [9.17, 15) is 4.79 Å². The largest absolute Gasteiger partial charge is 0.351 e. The zero-order chi connectivity index (χ0) is 18.5. The number of carbonyl (C=O) groups is 1. The fraction of sp³-hybridized carbons (Fsp3) is 0.455. The van der Waals surface area contributed by atoms with Crippen molar-refractivity contribution in [1.29, 1.82) is 0 Å². The summed E-state index contributed by atoms with van der Waals surface area (Å²) in [4.78, 5) is 18.5. The molecule has 3 heterocycles. The summed E-state index contributed by atoms with van der Waals surface area (Å²) in [6.45, 7) is 5.79. The van der Waals surface area contributed by atoms with Gasteiger partial charge in [-0.05, 0) is 36.5 Å². The number of nitrogens with one attached hydrogen (secondary N) is 2. The van der Waals surface area contributed by atoms with E-state index in [1.807, 2.05) is 11.0 Å². The van der Waals surface area contributed by atoms with Crippen molar-refractivity contribution in [3.8, 4) is 0 Å². The lowest BCUT2D eigenvalue weighted by molar-refractivity contribution is 0.0728. The number of carbonyl (C=O) groups excluding carboxylic acids is 1. The summed E-state index contributed by atoms with van der Waals surface area (Å²) < 4.78 is 0. The Labute approximate surface area is 159 Å². The molecule has 1 aliphatic heterocycles. The van der Waals surface area contributed by atoms with Crippen LogP contribution in [-0.2, 0) is 13.0 Å². The van der Waals surface area contributed by atoms with Gasteiger partial charge in [0.1, 0.15) is 5.69 Å². The van der Waals surface area contributed by atoms with E-state index in [1.165, 1.54) is 41.8 Å². The molecular weight excluding hydrogens is 336 g/mol. The first-order valence-electron chi connectivity index (χ1n) is 10.1. The maximum atomic E-state index is 13.2. The highest BCUT2D eigenvalue weighted by atomic mass is 16.2. The number of amides is 1. The number of hydrogen-bond donors (Lipinski definition) is 2. The van der Waals surface area contributed by atoms with Crippen LogP contribution in [0.25, 0.3) is 10.9 Å². The van der Waals surface area contributed by atoms with Gasteiger partial charge in [0.2, 0.25) is 0 Å². The molecule has 0 spiro atoms. The molecule has 27 heavy (non-hydrogen) atoms. The number of H-pyrrole nitrogens is 2. The van der Waals surface area contributed by atoms with Crippen LogP contribution in [0.5, 0.6) is 0 Å². The van der Waals surface area contributed by atoms with Crippen molar-refractivity contribution in [1.82, 2.24) is 20.1 Å². The van der Waals surface area contributed by atoms with Crippen molar-refractivity contribution in [3.05, 3.63) is 52.5 Å². The molecule has 2 aliphatic rings. The van der Waals surface area contributed by atoms with Gasteiger partial charge in [0.15, 0.2) is 0 Å². The molecule has 0 atom stereocenters. The van der Waals surface area contributed by atoms with Crippen LogP contribution in [0, 0.1) is 0 Å². The maximum absolute atomic E-state index is 13.2. The van der Waals surface area contributed by atoms with Crippen LogP contribution in [0.4, 0.5) is 0 Å². The van der Waals surface area contributed by atoms with Gasteiger partial charge < -0.3 is 9.88 Å². The average Bonchev–Trinajstić information content (AvgIpc) is 3.23. The molecular formula is C22H26N4O. The van der Waals surface area contributed by atoms with Crippen LogP contribution < -0.4 is 0 Å². The number of aromatic amines is 2. The van der Waals surface area contributed by atoms with E-state index in [0.29, 0.717) is 24.1 Å². The van der Waals surface area contributed by atoms with E-state index in [0.717, 1.165) is 23.9 Å². The third-order valence-electron chi connectivity index (χ3n) is 6.29. The van der Waals surface area contributed by atoms with Crippen molar-refractivity contribution in [2.24, 2.45) is 0 Å². The number of rotatable bonds is 3. The van der Waals surface area contributed by atoms with E-state index in [-0.39, 0.29) is 5.91 Å². The molecule has 5 rings (SSSR count). The number of nitrogens with zero attached hydrogens (tertiary/aromatic N) is 2. The molecule has 1 aliphatic carbocycles. The number of hydrogen-bond acceptors (Lipinski definition) is 2. The molecule has 1 amide bonds. The van der Waals surface area contributed by atoms with Crippen molar-refractivity contribution in [2.45, 2.75) is 57.9 Å². The first-order chi connectivity index (χ1) is 13.1. The van der Waals surface area contributed by atoms with E-state index in [1.54, 1.807) is 0 Å². The maximum Gasteiger partial charge on any atom is 0.270 e. The first kappa shape index (κ1) is 16.6. The lowest BCUT2D eigenvalue weighted by atomic mass is 9.81. The predicted octanol–water partition coefficient (Wildman–Crippen LogP) is 4.48. The Hall–Kier alpha value is -2.56. The molecule has 140 valence electrons. The van der Waals surface area contributed by atoms with Gasteiger partial charge in [-0.1, -0.05) is 32.4 Å². The first-order valence-corrected chi connectivity index (χ1v) is 10.1. The van der Waals surface area contributed by atoms with Crippen molar-refractivity contribution < 1.29 is 4.79 Å². The summed E-state index contributed by atoms with van der Waals surface area (Å²) in [5, 5.41) is 8.96. The quantitative estimate of drug-likeness (QED) is 0.721. The Morgan fingerprint density at radius 1 is 1.30 bits per heavy atom. The highest BCUT2D eigenvalue weighted by molar-refractivity contribution is 5.99. The van der Waals surface area contributed by atoms with Gasteiger partial charge in [-0.25, -0.2) is 0 Å². The zero-order valence-electron chi connectivity index (χ0n) is 16.0. The molecule has 5 heteroatoms. The molecule has 0 radical (unpaired) electrons. The lowest BCUT2D eigenvalue weighted by Crippen LogP contribution is -2.36. The zero-order valence-corrected chi connectivity index (χ0v) is 16.0. The highest BCUT2D eigenvalue weighted by Crippen LogP contribution is 2.39. The van der Waals surface area contributed by atoms with Gasteiger partial charge in [0.25, 0.3) is 5.91 Å². The minimum atomic E-state index is 0.0901. The third kappa shape index (κ3) is 2.68. The second-order valence-corrected chi connectivity index (χ2v) is 8.32. The Kier molecular flexibility index (Phi) is 3.85. The van der Waals surface area contributed by atoms with Crippen LogP contribution in [-0.4, -0.2) is 32.5 Å². The Bertz CT molecular complexity index is 1010. The predicted molar refractivity (Wildman–Crippen MR) is 106 cm³/mol. The fourth-order valence-electron chi connectivity index (χ4n) is 4.48. The van der Waals surface area contributed by atoms with Gasteiger partial charge in [0.05, 0.1) is 5.69 Å². The molecule has 5 nitrogen and oxygen atoms in total. The second kappa shape index (κ2) is 6.25. The van der Waals surface area contributed by atoms with Crippen molar-refractivity contribution in [2.75, 3.05) is 6.54 Å². The lowest BCUT2D eigenvalue weighted by Gasteiger charge is -2.30. The van der Waals surface area contributed by atoms with Gasteiger partial charge in [-0.2, -0.15) is 5.10 Å². The second-order valence-electron chi connectivity index (χ2n) is 8.32. The summed E-state index contributed by atoms with van der Waals surface area (Å²) >= 11 is 0. The Morgan fingerprint density at radius 3 is 2.89 bits per heavy atom. The van der Waals surface area contributed by atoms with Crippen molar-refractivity contribution in [3.63, 3.8) is 0 Å². The summed E-state index contributed by atoms with van der Waals surface area (Å²) in [5.41, 5.74) is 6.70. The number of aromatic nitrogens is 3. The molecule has 0 unspecified atom stereocenters. The Morgan fingerprint density at radius 2 is 2.15 bits per heavy atom. The van der Waals surface area contributed by atoms with Crippen molar-refractivity contribution >= 4 is 16.8 Å². The summed E-state index contributed by atoms with van der Waals surface area (Å²) in [6, 6.07) is 8.30. The van der Waals surface area contributed by atoms with Crippen LogP contribution in [0.3, 0.4) is 0 Å². The van der Waals surface area contributed by atoms with Crippen LogP contribution in [0.15, 0.2) is 24.3 Å². The smallest absolute Gasteiger partial charge is 0.270 e. The molecule has 2 aromatic heterocycles. The number of benzene rings is 1. The van der Waals surface area contributed by atoms with Gasteiger partial charge in [-0.15, -0.1) is 0 Å². The highest BCUT2D eigenvalue weighted by Gasteiger charge is 2.31. The van der Waals surface area contributed by atoms with E-state index in [4.69, 9.17) is 0 Å². The molecule has 1 aromatic carbocycles. The van der Waals surface area contributed by atoms with Crippen LogP contribution >= 0.6 is 0 Å². The van der Waals surface area contributed by atoms with Gasteiger partial charge in [0, 0.05) is 47.6 Å².